The lowest BCUT2D eigenvalue weighted by atomic mass is 10.6. The number of nitrogens with zero attached hydrogens (tertiary/aromatic N) is 3. The van der Waals surface area contributed by atoms with Crippen LogP contribution in [0, 0.1) is 6.92 Å². The van der Waals surface area contributed by atoms with Crippen molar-refractivity contribution in [2.24, 2.45) is 0 Å². The molecule has 0 unspecified atom stereocenters. The zero-order valence-electron chi connectivity index (χ0n) is 10.5. The van der Waals surface area contributed by atoms with Crippen molar-refractivity contribution in [3.05, 3.63) is 16.1 Å². The zero-order valence-corrected chi connectivity index (χ0v) is 12.1. The SMILES string of the molecule is COc1n[nH]c(NC(=O)CSCc2csc(C)n2)n1. The van der Waals surface area contributed by atoms with E-state index in [1.165, 1.54) is 18.9 Å². The van der Waals surface area contributed by atoms with E-state index < -0.39 is 0 Å². The normalized spacial score (nSPS) is 10.4. The molecule has 0 radical (unpaired) electrons. The fourth-order valence-corrected chi connectivity index (χ4v) is 2.72. The van der Waals surface area contributed by atoms with Crippen molar-refractivity contribution in [2.75, 3.05) is 18.2 Å². The second kappa shape index (κ2) is 6.53. The molecule has 7 nitrogen and oxygen atoms in total. The quantitative estimate of drug-likeness (QED) is 0.838. The fraction of sp³-hybridized carbons (Fsp3) is 0.400. The minimum Gasteiger partial charge on any atom is -0.466 e. The van der Waals surface area contributed by atoms with E-state index in [0.717, 1.165) is 16.5 Å². The molecule has 2 aromatic heterocycles. The van der Waals surface area contributed by atoms with Gasteiger partial charge in [-0.3, -0.25) is 10.1 Å². The first-order valence-corrected chi connectivity index (χ1v) is 7.46. The van der Waals surface area contributed by atoms with Gasteiger partial charge in [-0.2, -0.15) is 4.98 Å². The Labute approximate surface area is 118 Å². The van der Waals surface area contributed by atoms with Crippen LogP contribution in [-0.2, 0) is 10.5 Å². The van der Waals surface area contributed by atoms with E-state index in [2.05, 4.69) is 25.5 Å². The number of methoxy groups -OCH3 is 1. The van der Waals surface area contributed by atoms with Crippen LogP contribution in [0.2, 0.25) is 0 Å². The summed E-state index contributed by atoms with van der Waals surface area (Å²) in [6, 6.07) is 0.195. The van der Waals surface area contributed by atoms with Gasteiger partial charge in [0.25, 0.3) is 0 Å². The Morgan fingerprint density at radius 1 is 1.58 bits per heavy atom. The first kappa shape index (κ1) is 13.8. The maximum absolute atomic E-state index is 11.6. The van der Waals surface area contributed by atoms with Gasteiger partial charge in [-0.1, -0.05) is 0 Å². The van der Waals surface area contributed by atoms with Crippen molar-refractivity contribution in [1.29, 1.82) is 0 Å². The first-order valence-electron chi connectivity index (χ1n) is 5.42. The molecule has 0 aromatic carbocycles. The second-order valence-electron chi connectivity index (χ2n) is 3.57. The maximum atomic E-state index is 11.6. The van der Waals surface area contributed by atoms with Gasteiger partial charge in [0.1, 0.15) is 0 Å². The number of rotatable bonds is 6. The van der Waals surface area contributed by atoms with Crippen molar-refractivity contribution in [3.8, 4) is 6.01 Å². The summed E-state index contributed by atoms with van der Waals surface area (Å²) in [6.07, 6.45) is 0. The Balaban J connectivity index is 1.72. The average molecular weight is 299 g/mol. The molecule has 0 aliphatic heterocycles. The summed E-state index contributed by atoms with van der Waals surface area (Å²) in [7, 11) is 1.46. The third-order valence-corrected chi connectivity index (χ3v) is 3.84. The van der Waals surface area contributed by atoms with E-state index >= 15 is 0 Å². The molecular formula is C10H13N5O2S2. The van der Waals surface area contributed by atoms with Crippen LogP contribution >= 0.6 is 23.1 Å². The number of anilines is 1. The zero-order chi connectivity index (χ0) is 13.7. The molecule has 0 saturated carbocycles. The van der Waals surface area contributed by atoms with Crippen LogP contribution in [0.5, 0.6) is 6.01 Å². The Morgan fingerprint density at radius 3 is 3.05 bits per heavy atom. The number of hydrogen-bond acceptors (Lipinski definition) is 7. The van der Waals surface area contributed by atoms with Crippen LogP contribution < -0.4 is 10.1 Å². The number of carbonyl (C=O) groups excluding carboxylic acids is 1. The number of hydrogen-bond donors (Lipinski definition) is 2. The lowest BCUT2D eigenvalue weighted by molar-refractivity contribution is -0.113. The average Bonchev–Trinajstić information content (AvgIpc) is 2.98. The number of aromatic nitrogens is 4. The maximum Gasteiger partial charge on any atom is 0.336 e. The monoisotopic (exact) mass is 299 g/mol. The molecule has 9 heteroatoms. The number of thioether (sulfide) groups is 1. The van der Waals surface area contributed by atoms with Crippen LogP contribution in [0.1, 0.15) is 10.7 Å². The minimum atomic E-state index is -0.143. The van der Waals surface area contributed by atoms with E-state index in [1.54, 1.807) is 11.3 Å². The molecule has 0 aliphatic rings. The highest BCUT2D eigenvalue weighted by Crippen LogP contribution is 2.15. The number of thiazole rings is 1. The molecule has 19 heavy (non-hydrogen) atoms. The van der Waals surface area contributed by atoms with Crippen LogP contribution in [0.25, 0.3) is 0 Å². The highest BCUT2D eigenvalue weighted by Gasteiger charge is 2.08. The van der Waals surface area contributed by atoms with Crippen molar-refractivity contribution in [3.63, 3.8) is 0 Å². The van der Waals surface area contributed by atoms with Crippen molar-refractivity contribution in [2.45, 2.75) is 12.7 Å². The number of aromatic amines is 1. The summed E-state index contributed by atoms with van der Waals surface area (Å²) in [5.74, 6) is 1.19. The molecule has 0 saturated heterocycles. The van der Waals surface area contributed by atoms with Gasteiger partial charge in [0.2, 0.25) is 11.9 Å². The van der Waals surface area contributed by atoms with Gasteiger partial charge < -0.3 is 4.74 Å². The van der Waals surface area contributed by atoms with Crippen LogP contribution in [-0.4, -0.2) is 38.9 Å². The van der Waals surface area contributed by atoms with Gasteiger partial charge in [-0.15, -0.1) is 28.2 Å². The Morgan fingerprint density at radius 2 is 2.42 bits per heavy atom. The predicted molar refractivity (Wildman–Crippen MR) is 74.6 cm³/mol. The smallest absolute Gasteiger partial charge is 0.336 e. The minimum absolute atomic E-state index is 0.143. The number of aryl methyl sites for hydroxylation is 1. The second-order valence-corrected chi connectivity index (χ2v) is 5.62. The highest BCUT2D eigenvalue weighted by molar-refractivity contribution is 7.99. The van der Waals surface area contributed by atoms with Gasteiger partial charge in [0.15, 0.2) is 0 Å². The summed E-state index contributed by atoms with van der Waals surface area (Å²) in [4.78, 5) is 19.9. The molecule has 0 bridgehead atoms. The molecule has 102 valence electrons. The molecule has 0 aliphatic carbocycles. The Kier molecular flexibility index (Phi) is 4.74. The van der Waals surface area contributed by atoms with Crippen molar-refractivity contribution in [1.82, 2.24) is 20.2 Å². The van der Waals surface area contributed by atoms with Crippen LogP contribution in [0.4, 0.5) is 5.95 Å². The third-order valence-electron chi connectivity index (χ3n) is 2.05. The van der Waals surface area contributed by atoms with Gasteiger partial charge in [0.05, 0.1) is 23.6 Å². The lowest BCUT2D eigenvalue weighted by Gasteiger charge is -2.00. The van der Waals surface area contributed by atoms with E-state index in [4.69, 9.17) is 4.74 Å². The molecular weight excluding hydrogens is 286 g/mol. The Hall–Kier alpha value is -1.61. The molecule has 2 heterocycles. The number of carbonyl (C=O) groups is 1. The van der Waals surface area contributed by atoms with Crippen LogP contribution in [0.3, 0.4) is 0 Å². The van der Waals surface area contributed by atoms with Gasteiger partial charge in [0, 0.05) is 11.1 Å². The number of amides is 1. The number of H-pyrrole nitrogens is 1. The number of nitrogens with one attached hydrogen (secondary N) is 2. The summed E-state index contributed by atoms with van der Waals surface area (Å²) < 4.78 is 4.80. The van der Waals surface area contributed by atoms with E-state index in [9.17, 15) is 4.79 Å². The van der Waals surface area contributed by atoms with Crippen molar-refractivity contribution >= 4 is 35.0 Å². The molecule has 2 aromatic rings. The summed E-state index contributed by atoms with van der Waals surface area (Å²) in [5, 5.41) is 11.9. The molecule has 1 amide bonds. The molecule has 2 N–H and O–H groups in total. The van der Waals surface area contributed by atoms with E-state index in [1.807, 2.05) is 12.3 Å². The van der Waals surface area contributed by atoms with Gasteiger partial charge in [-0.25, -0.2) is 10.1 Å². The van der Waals surface area contributed by atoms with Crippen molar-refractivity contribution < 1.29 is 9.53 Å². The Bertz CT molecular complexity index is 554. The number of ether oxygens (including phenoxy) is 1. The van der Waals surface area contributed by atoms with Gasteiger partial charge >= 0.3 is 6.01 Å². The fourth-order valence-electron chi connectivity index (χ4n) is 1.28. The topological polar surface area (TPSA) is 92.8 Å². The summed E-state index contributed by atoms with van der Waals surface area (Å²) in [5.41, 5.74) is 1.00. The summed E-state index contributed by atoms with van der Waals surface area (Å²) >= 11 is 3.11. The molecule has 0 fully saturated rings. The van der Waals surface area contributed by atoms with Gasteiger partial charge in [-0.05, 0) is 6.92 Å². The van der Waals surface area contributed by atoms with E-state index in [-0.39, 0.29) is 17.9 Å². The molecule has 2 rings (SSSR count). The van der Waals surface area contributed by atoms with E-state index in [0.29, 0.717) is 5.75 Å². The summed E-state index contributed by atoms with van der Waals surface area (Å²) in [6.45, 7) is 1.96. The standard InChI is InChI=1S/C10H13N5O2S2/c1-6-11-7(4-19-6)3-18-5-8(16)12-9-13-10(17-2)15-14-9/h4H,3,5H2,1-2H3,(H2,12,13,14,15,16). The molecule has 0 atom stereocenters. The predicted octanol–water partition coefficient (Wildman–Crippen LogP) is 1.45. The first-order chi connectivity index (χ1) is 9.17. The lowest BCUT2D eigenvalue weighted by Crippen LogP contribution is -2.15. The van der Waals surface area contributed by atoms with Crippen LogP contribution in [0.15, 0.2) is 5.38 Å². The third kappa shape index (κ3) is 4.21. The largest absolute Gasteiger partial charge is 0.466 e. The highest BCUT2D eigenvalue weighted by atomic mass is 32.2. The molecule has 0 spiro atoms.